The largest absolute Gasteiger partial charge is 0.347 e. The van der Waals surface area contributed by atoms with Crippen molar-refractivity contribution in [2.75, 3.05) is 0 Å². The predicted molar refractivity (Wildman–Crippen MR) is 179 cm³/mol. The Bertz CT molecular complexity index is 1080. The number of carbonyl (C=O) groups is 1. The summed E-state index contributed by atoms with van der Waals surface area (Å²) in [4.78, 5) is 24.1. The van der Waals surface area contributed by atoms with E-state index in [1.807, 2.05) is 79.0 Å². The van der Waals surface area contributed by atoms with Gasteiger partial charge in [0.2, 0.25) is 0 Å². The Morgan fingerprint density at radius 1 is 0.974 bits per heavy atom. The number of fused-ring (bicyclic) bond motifs is 1. The van der Waals surface area contributed by atoms with E-state index >= 15 is 0 Å². The molecule has 0 saturated heterocycles. The van der Waals surface area contributed by atoms with Gasteiger partial charge in [-0.15, -0.1) is 0 Å². The molecular formula is C36H59NO2. The highest BCUT2D eigenvalue weighted by Crippen LogP contribution is 2.29. The second-order valence-electron chi connectivity index (χ2n) is 8.75. The number of Topliss-reactive ketones (excluding diaryl/α,β-unsaturated/α-hetero) is 1. The Hall–Kier alpha value is -2.94. The quantitative estimate of drug-likeness (QED) is 0.271. The molecule has 1 aliphatic rings. The van der Waals surface area contributed by atoms with E-state index in [0.717, 1.165) is 47.7 Å². The lowest BCUT2D eigenvalue weighted by molar-refractivity contribution is 0.101. The van der Waals surface area contributed by atoms with Crippen LogP contribution in [0.15, 0.2) is 54.0 Å². The van der Waals surface area contributed by atoms with Gasteiger partial charge in [-0.05, 0) is 66.5 Å². The van der Waals surface area contributed by atoms with E-state index in [1.54, 1.807) is 12.3 Å². The van der Waals surface area contributed by atoms with Crippen LogP contribution in [0.4, 0.5) is 0 Å². The molecule has 0 amide bonds. The van der Waals surface area contributed by atoms with Crippen LogP contribution in [0, 0.1) is 5.92 Å². The Kier molecular flexibility index (Phi) is 25.1. The molecule has 0 N–H and O–H groups in total. The summed E-state index contributed by atoms with van der Waals surface area (Å²) < 4.78 is 1.99. The van der Waals surface area contributed by atoms with Crippen LogP contribution in [0.5, 0.6) is 0 Å². The summed E-state index contributed by atoms with van der Waals surface area (Å²) in [5.74, 6) is 0.634. The minimum atomic E-state index is -0.229. The standard InChI is InChI=1S/C24H25NO2.C4H10.4C2H6/c1-5-12-25-15-22(18(4)26)24(27)14-23(25)17(3)13-16(2)20-10-6-8-19-9-7-11-21(19)20;1-4(2)3;4*1-2/h6-10,13-15H,2,5,11-12H2,1,3-4H3;4H,1-3H3;4*1-2H3/b17-13+;;;;;. The fourth-order valence-electron chi connectivity index (χ4n) is 3.61. The van der Waals surface area contributed by atoms with Gasteiger partial charge in [0.05, 0.1) is 5.56 Å². The third kappa shape index (κ3) is 14.1. The van der Waals surface area contributed by atoms with Gasteiger partial charge in [-0.25, -0.2) is 0 Å². The lowest BCUT2D eigenvalue weighted by Crippen LogP contribution is -2.18. The van der Waals surface area contributed by atoms with E-state index in [4.69, 9.17) is 0 Å². The number of rotatable bonds is 6. The van der Waals surface area contributed by atoms with Gasteiger partial charge in [-0.1, -0.05) is 120 Å². The first-order valence-corrected chi connectivity index (χ1v) is 15.1. The molecule has 0 atom stereocenters. The molecule has 1 heterocycles. The number of ketones is 1. The van der Waals surface area contributed by atoms with E-state index in [1.165, 1.54) is 18.1 Å². The second-order valence-corrected chi connectivity index (χ2v) is 8.75. The molecule has 1 aromatic heterocycles. The zero-order valence-electron chi connectivity index (χ0n) is 27.8. The van der Waals surface area contributed by atoms with Crippen LogP contribution in [0.2, 0.25) is 0 Å². The van der Waals surface area contributed by atoms with Crippen LogP contribution in [0.3, 0.4) is 0 Å². The summed E-state index contributed by atoms with van der Waals surface area (Å²) in [5.41, 5.74) is 6.42. The highest BCUT2D eigenvalue weighted by atomic mass is 16.1. The van der Waals surface area contributed by atoms with Crippen molar-refractivity contribution in [3.63, 3.8) is 0 Å². The van der Waals surface area contributed by atoms with Gasteiger partial charge in [0.15, 0.2) is 11.2 Å². The molecule has 3 nitrogen and oxygen atoms in total. The van der Waals surface area contributed by atoms with Gasteiger partial charge >= 0.3 is 0 Å². The first-order valence-electron chi connectivity index (χ1n) is 15.1. The summed E-state index contributed by atoms with van der Waals surface area (Å²) in [5, 5.41) is 0. The molecule has 3 rings (SSSR count). The number of benzene rings is 1. The van der Waals surface area contributed by atoms with Gasteiger partial charge < -0.3 is 4.57 Å². The Morgan fingerprint density at radius 2 is 1.51 bits per heavy atom. The Balaban J connectivity index is -0.000000940. The highest BCUT2D eigenvalue weighted by molar-refractivity contribution is 5.94. The zero-order valence-corrected chi connectivity index (χ0v) is 27.8. The lowest BCUT2D eigenvalue weighted by atomic mass is 9.95. The molecule has 0 aliphatic heterocycles. The number of carbonyl (C=O) groups excluding carboxylic acids is 1. The fourth-order valence-corrected chi connectivity index (χ4v) is 3.61. The maximum Gasteiger partial charge on any atom is 0.192 e. The fraction of sp³-hybridized carbons (Fsp3) is 0.500. The van der Waals surface area contributed by atoms with Crippen molar-refractivity contribution in [1.29, 1.82) is 0 Å². The average molecular weight is 538 g/mol. The summed E-state index contributed by atoms with van der Waals surface area (Å²) in [6, 6.07) is 7.83. The molecule has 1 aromatic carbocycles. The van der Waals surface area contributed by atoms with Crippen LogP contribution in [0.1, 0.15) is 136 Å². The SMILES string of the molecule is C=C(/C=C(\C)c1cc(=O)c(C(C)=O)cn1CCC)c1cccc2c1CC=C2.CC.CC.CC.CC.CC(C)C. The van der Waals surface area contributed by atoms with Gasteiger partial charge in [-0.3, -0.25) is 9.59 Å². The van der Waals surface area contributed by atoms with Crippen molar-refractivity contribution < 1.29 is 4.79 Å². The van der Waals surface area contributed by atoms with Gasteiger partial charge in [0.25, 0.3) is 0 Å². The van der Waals surface area contributed by atoms with Crippen molar-refractivity contribution in [3.05, 3.63) is 87.4 Å². The molecule has 0 bridgehead atoms. The normalized spacial score (nSPS) is 10.5. The summed E-state index contributed by atoms with van der Waals surface area (Å²) in [6.07, 6.45) is 9.86. The topological polar surface area (TPSA) is 39.1 Å². The van der Waals surface area contributed by atoms with Crippen LogP contribution in [-0.4, -0.2) is 10.4 Å². The number of aromatic nitrogens is 1. The van der Waals surface area contributed by atoms with E-state index in [-0.39, 0.29) is 16.8 Å². The first-order chi connectivity index (χ1) is 18.6. The van der Waals surface area contributed by atoms with Crippen LogP contribution in [-0.2, 0) is 13.0 Å². The molecule has 0 saturated carbocycles. The number of pyridine rings is 1. The van der Waals surface area contributed by atoms with Crippen molar-refractivity contribution in [3.8, 4) is 0 Å². The maximum absolute atomic E-state index is 12.4. The van der Waals surface area contributed by atoms with E-state index in [9.17, 15) is 9.59 Å². The number of hydrogen-bond donors (Lipinski definition) is 0. The van der Waals surface area contributed by atoms with Crippen LogP contribution >= 0.6 is 0 Å². The third-order valence-corrected chi connectivity index (χ3v) is 4.94. The number of hydrogen-bond acceptors (Lipinski definition) is 2. The van der Waals surface area contributed by atoms with Crippen LogP contribution < -0.4 is 5.43 Å². The monoisotopic (exact) mass is 537 g/mol. The number of allylic oxidation sites excluding steroid dienone is 4. The third-order valence-electron chi connectivity index (χ3n) is 4.94. The van der Waals surface area contributed by atoms with Gasteiger partial charge in [0, 0.05) is 24.5 Å². The first kappa shape index (κ1) is 40.6. The summed E-state index contributed by atoms with van der Waals surface area (Å²) >= 11 is 0. The lowest BCUT2D eigenvalue weighted by Gasteiger charge is -2.15. The second kappa shape index (κ2) is 24.1. The van der Waals surface area contributed by atoms with Crippen molar-refractivity contribution in [1.82, 2.24) is 4.57 Å². The maximum atomic E-state index is 12.4. The number of aryl methyl sites for hydroxylation is 1. The number of nitrogens with zero attached hydrogens (tertiary/aromatic N) is 1. The summed E-state index contributed by atoms with van der Waals surface area (Å²) in [6.45, 7) is 33.0. The average Bonchev–Trinajstić information content (AvgIpc) is 3.43. The molecule has 220 valence electrons. The van der Waals surface area contributed by atoms with Crippen molar-refractivity contribution >= 4 is 23.0 Å². The molecule has 0 unspecified atom stereocenters. The molecule has 1 aliphatic carbocycles. The predicted octanol–water partition coefficient (Wildman–Crippen LogP) is 10.9. The zero-order chi connectivity index (χ0) is 31.1. The van der Waals surface area contributed by atoms with Crippen molar-refractivity contribution in [2.24, 2.45) is 5.92 Å². The Morgan fingerprint density at radius 3 is 2.00 bits per heavy atom. The molecule has 0 fully saturated rings. The van der Waals surface area contributed by atoms with E-state index < -0.39 is 0 Å². The molecule has 3 heteroatoms. The highest BCUT2D eigenvalue weighted by Gasteiger charge is 2.14. The molecule has 39 heavy (non-hydrogen) atoms. The van der Waals surface area contributed by atoms with Gasteiger partial charge in [-0.2, -0.15) is 0 Å². The molecule has 2 aromatic rings. The smallest absolute Gasteiger partial charge is 0.192 e. The molecular weight excluding hydrogens is 478 g/mol. The van der Waals surface area contributed by atoms with Crippen molar-refractivity contribution in [2.45, 2.75) is 116 Å². The Labute approximate surface area is 241 Å². The van der Waals surface area contributed by atoms with E-state index in [2.05, 4.69) is 58.6 Å². The minimum absolute atomic E-state index is 0.199. The van der Waals surface area contributed by atoms with Crippen LogP contribution in [0.25, 0.3) is 17.2 Å². The molecule has 0 radical (unpaired) electrons. The van der Waals surface area contributed by atoms with E-state index in [0.29, 0.717) is 0 Å². The van der Waals surface area contributed by atoms with Gasteiger partial charge in [0.1, 0.15) is 0 Å². The summed E-state index contributed by atoms with van der Waals surface area (Å²) in [7, 11) is 0. The minimum Gasteiger partial charge on any atom is -0.347 e. The molecule has 0 spiro atoms.